The lowest BCUT2D eigenvalue weighted by Crippen LogP contribution is -2.06. The molecule has 2 aromatic rings. The van der Waals surface area contributed by atoms with Gasteiger partial charge in [-0.2, -0.15) is 0 Å². The highest BCUT2D eigenvalue weighted by Crippen LogP contribution is 2.45. The van der Waals surface area contributed by atoms with Crippen LogP contribution in [0.3, 0.4) is 0 Å². The largest absolute Gasteiger partial charge is 0.496 e. The molecule has 0 spiro atoms. The van der Waals surface area contributed by atoms with Gasteiger partial charge in [0.15, 0.2) is 28.8 Å². The van der Waals surface area contributed by atoms with E-state index in [-0.39, 0.29) is 23.9 Å². The Morgan fingerprint density at radius 1 is 0.889 bits per heavy atom. The van der Waals surface area contributed by atoms with E-state index >= 15 is 0 Å². The number of hydrogen-bond donors (Lipinski definition) is 0. The first-order valence-electron chi connectivity index (χ1n) is 8.12. The topological polar surface area (TPSA) is 72.5 Å². The molecular formula is C20H20O7. The standard InChI is InChI=1S/C20H20O7/c1-22-16-10-17(23-2)19(24-3)20(25-4)18(16)13(21)7-5-12-6-8-14-15(9-12)27-11-26-14/h5-10H,11H2,1-4H3/b7-5+. The Hall–Kier alpha value is -3.35. The molecule has 0 saturated heterocycles. The number of rotatable bonds is 7. The summed E-state index contributed by atoms with van der Waals surface area (Å²) in [5.74, 6) is 2.32. The van der Waals surface area contributed by atoms with Gasteiger partial charge in [0.2, 0.25) is 12.5 Å². The lowest BCUT2D eigenvalue weighted by Gasteiger charge is -2.17. The molecule has 0 aromatic heterocycles. The minimum atomic E-state index is -0.303. The average molecular weight is 372 g/mol. The summed E-state index contributed by atoms with van der Waals surface area (Å²) in [5, 5.41) is 0. The van der Waals surface area contributed by atoms with Gasteiger partial charge in [0.25, 0.3) is 0 Å². The molecule has 0 radical (unpaired) electrons. The summed E-state index contributed by atoms with van der Waals surface area (Å²) in [5.41, 5.74) is 1.04. The Bertz CT molecular complexity index is 886. The molecule has 0 unspecified atom stereocenters. The van der Waals surface area contributed by atoms with Gasteiger partial charge in [0.1, 0.15) is 11.3 Å². The third-order valence-electron chi connectivity index (χ3n) is 4.08. The molecule has 142 valence electrons. The van der Waals surface area contributed by atoms with Crippen LogP contribution in [0, 0.1) is 0 Å². The summed E-state index contributed by atoms with van der Waals surface area (Å²) in [6.45, 7) is 0.196. The van der Waals surface area contributed by atoms with Gasteiger partial charge in [0.05, 0.1) is 28.4 Å². The smallest absolute Gasteiger partial charge is 0.231 e. The molecule has 0 amide bonds. The van der Waals surface area contributed by atoms with E-state index in [9.17, 15) is 4.79 Å². The van der Waals surface area contributed by atoms with Crippen molar-refractivity contribution in [2.75, 3.05) is 35.2 Å². The molecule has 1 aliphatic heterocycles. The molecule has 3 rings (SSSR count). The molecule has 0 fully saturated rings. The van der Waals surface area contributed by atoms with Gasteiger partial charge in [0, 0.05) is 6.07 Å². The fourth-order valence-electron chi connectivity index (χ4n) is 2.80. The third kappa shape index (κ3) is 3.48. The normalized spacial score (nSPS) is 12.1. The molecule has 0 N–H and O–H groups in total. The molecule has 2 aromatic carbocycles. The molecule has 0 bridgehead atoms. The quantitative estimate of drug-likeness (QED) is 0.545. The minimum Gasteiger partial charge on any atom is -0.496 e. The first-order valence-corrected chi connectivity index (χ1v) is 8.12. The lowest BCUT2D eigenvalue weighted by molar-refractivity contribution is 0.104. The van der Waals surface area contributed by atoms with E-state index in [1.54, 1.807) is 24.3 Å². The highest BCUT2D eigenvalue weighted by atomic mass is 16.7. The van der Waals surface area contributed by atoms with E-state index < -0.39 is 0 Å². The van der Waals surface area contributed by atoms with Crippen LogP contribution in [0.25, 0.3) is 6.08 Å². The van der Waals surface area contributed by atoms with Crippen molar-refractivity contribution in [3.63, 3.8) is 0 Å². The van der Waals surface area contributed by atoms with Crippen LogP contribution in [-0.2, 0) is 0 Å². The van der Waals surface area contributed by atoms with Crippen LogP contribution in [0.4, 0.5) is 0 Å². The van der Waals surface area contributed by atoms with Crippen LogP contribution in [0.2, 0.25) is 0 Å². The van der Waals surface area contributed by atoms with Crippen LogP contribution in [0.15, 0.2) is 30.3 Å². The van der Waals surface area contributed by atoms with Crippen LogP contribution in [-0.4, -0.2) is 41.0 Å². The first-order chi connectivity index (χ1) is 13.1. The molecule has 1 aliphatic rings. The number of benzene rings is 2. The summed E-state index contributed by atoms with van der Waals surface area (Å²) < 4.78 is 32.0. The number of ether oxygens (including phenoxy) is 6. The molecule has 7 heteroatoms. The highest BCUT2D eigenvalue weighted by Gasteiger charge is 2.25. The van der Waals surface area contributed by atoms with E-state index in [2.05, 4.69) is 0 Å². The Kier molecular flexibility index (Phi) is 5.40. The van der Waals surface area contributed by atoms with E-state index in [1.807, 2.05) is 6.07 Å². The second kappa shape index (κ2) is 7.90. The number of carbonyl (C=O) groups is 1. The van der Waals surface area contributed by atoms with Crippen molar-refractivity contribution < 1.29 is 33.2 Å². The van der Waals surface area contributed by atoms with Gasteiger partial charge < -0.3 is 28.4 Å². The molecule has 27 heavy (non-hydrogen) atoms. The van der Waals surface area contributed by atoms with Crippen LogP contribution in [0.1, 0.15) is 15.9 Å². The number of carbonyl (C=O) groups excluding carboxylic acids is 1. The molecule has 7 nitrogen and oxygen atoms in total. The molecule has 0 atom stereocenters. The Balaban J connectivity index is 1.98. The monoisotopic (exact) mass is 372 g/mol. The molecule has 0 saturated carbocycles. The predicted molar refractivity (Wildman–Crippen MR) is 98.6 cm³/mol. The van der Waals surface area contributed by atoms with E-state index in [4.69, 9.17) is 28.4 Å². The molecule has 0 aliphatic carbocycles. The van der Waals surface area contributed by atoms with Gasteiger partial charge >= 0.3 is 0 Å². The summed E-state index contributed by atoms with van der Waals surface area (Å²) in [7, 11) is 5.90. The first kappa shape index (κ1) is 18.4. The fraction of sp³-hybridized carbons (Fsp3) is 0.250. The minimum absolute atomic E-state index is 0.196. The zero-order chi connectivity index (χ0) is 19.4. The molecular weight excluding hydrogens is 352 g/mol. The zero-order valence-corrected chi connectivity index (χ0v) is 15.5. The number of allylic oxidation sites excluding steroid dienone is 1. The number of methoxy groups -OCH3 is 4. The highest BCUT2D eigenvalue weighted by molar-refractivity contribution is 6.11. The number of ketones is 1. The van der Waals surface area contributed by atoms with Gasteiger partial charge in [-0.3, -0.25) is 4.79 Å². The second-order valence-electron chi connectivity index (χ2n) is 5.53. The van der Waals surface area contributed by atoms with Crippen molar-refractivity contribution in [2.45, 2.75) is 0 Å². The Labute approximate surface area is 157 Å². The van der Waals surface area contributed by atoms with Crippen molar-refractivity contribution in [3.8, 4) is 34.5 Å². The van der Waals surface area contributed by atoms with E-state index in [0.29, 0.717) is 28.7 Å². The second-order valence-corrected chi connectivity index (χ2v) is 5.53. The van der Waals surface area contributed by atoms with Crippen LogP contribution < -0.4 is 28.4 Å². The van der Waals surface area contributed by atoms with Crippen LogP contribution >= 0.6 is 0 Å². The summed E-state index contributed by atoms with van der Waals surface area (Å²) >= 11 is 0. The Morgan fingerprint density at radius 2 is 1.59 bits per heavy atom. The van der Waals surface area contributed by atoms with Crippen molar-refractivity contribution in [3.05, 3.63) is 41.5 Å². The predicted octanol–water partition coefficient (Wildman–Crippen LogP) is 3.35. The van der Waals surface area contributed by atoms with Crippen LogP contribution in [0.5, 0.6) is 34.5 Å². The van der Waals surface area contributed by atoms with Crippen molar-refractivity contribution in [1.29, 1.82) is 0 Å². The van der Waals surface area contributed by atoms with Crippen molar-refractivity contribution in [1.82, 2.24) is 0 Å². The van der Waals surface area contributed by atoms with E-state index in [1.165, 1.54) is 34.5 Å². The summed E-state index contributed by atoms with van der Waals surface area (Å²) in [6.07, 6.45) is 3.11. The maximum atomic E-state index is 12.9. The van der Waals surface area contributed by atoms with Crippen molar-refractivity contribution in [2.24, 2.45) is 0 Å². The fourth-order valence-corrected chi connectivity index (χ4v) is 2.80. The maximum Gasteiger partial charge on any atom is 0.231 e. The van der Waals surface area contributed by atoms with Crippen molar-refractivity contribution >= 4 is 11.9 Å². The zero-order valence-electron chi connectivity index (χ0n) is 15.5. The molecule has 1 heterocycles. The van der Waals surface area contributed by atoms with Gasteiger partial charge in [-0.15, -0.1) is 0 Å². The van der Waals surface area contributed by atoms with Gasteiger partial charge in [-0.1, -0.05) is 12.1 Å². The number of fused-ring (bicyclic) bond motifs is 1. The Morgan fingerprint density at radius 3 is 2.26 bits per heavy atom. The number of hydrogen-bond acceptors (Lipinski definition) is 7. The lowest BCUT2D eigenvalue weighted by atomic mass is 10.0. The summed E-state index contributed by atoms with van der Waals surface area (Å²) in [6, 6.07) is 7.02. The third-order valence-corrected chi connectivity index (χ3v) is 4.08. The maximum absolute atomic E-state index is 12.9. The SMILES string of the molecule is COc1cc(OC)c(C(=O)/C=C/c2ccc3c(c2)OCO3)c(OC)c1OC. The van der Waals surface area contributed by atoms with E-state index in [0.717, 1.165) is 5.56 Å². The van der Waals surface area contributed by atoms with Gasteiger partial charge in [-0.25, -0.2) is 0 Å². The average Bonchev–Trinajstić information content (AvgIpc) is 3.17. The summed E-state index contributed by atoms with van der Waals surface area (Å²) in [4.78, 5) is 12.9. The van der Waals surface area contributed by atoms with Gasteiger partial charge in [-0.05, 0) is 23.8 Å².